The fourth-order valence-electron chi connectivity index (χ4n) is 3.21. The summed E-state index contributed by atoms with van der Waals surface area (Å²) in [6.45, 7) is 12.1. The monoisotopic (exact) mass is 380 g/mol. The van der Waals surface area contributed by atoms with Gasteiger partial charge >= 0.3 is 0 Å². The molecule has 3 aromatic rings. The summed E-state index contributed by atoms with van der Waals surface area (Å²) in [5.74, 6) is 1.15. The molecule has 0 N–H and O–H groups in total. The predicted molar refractivity (Wildman–Crippen MR) is 109 cm³/mol. The quantitative estimate of drug-likeness (QED) is 0.482. The summed E-state index contributed by atoms with van der Waals surface area (Å²) in [7, 11) is 0. The molecule has 0 fully saturated rings. The fourth-order valence-corrected chi connectivity index (χ4v) is 3.90. The van der Waals surface area contributed by atoms with E-state index in [4.69, 9.17) is 0 Å². The second-order valence-electron chi connectivity index (χ2n) is 6.92. The highest BCUT2D eigenvalue weighted by molar-refractivity contribution is 7.99. The van der Waals surface area contributed by atoms with Gasteiger partial charge in [0.1, 0.15) is 5.03 Å². The Morgan fingerprint density at radius 3 is 2.15 bits per heavy atom. The Balaban J connectivity index is 1.74. The van der Waals surface area contributed by atoms with E-state index in [1.807, 2.05) is 45.9 Å². The lowest BCUT2D eigenvalue weighted by atomic mass is 9.92. The minimum atomic E-state index is 0.131. The average molecular weight is 381 g/mol. The Morgan fingerprint density at radius 2 is 1.63 bits per heavy atom. The van der Waals surface area contributed by atoms with Gasteiger partial charge in [0.25, 0.3) is 0 Å². The van der Waals surface area contributed by atoms with Crippen LogP contribution in [-0.4, -0.2) is 31.5 Å². The lowest BCUT2D eigenvalue weighted by Gasteiger charge is -2.14. The van der Waals surface area contributed by atoms with Gasteiger partial charge in [0.2, 0.25) is 0 Å². The molecular formula is C21H24N4OS. The van der Waals surface area contributed by atoms with E-state index in [1.54, 1.807) is 4.68 Å². The fraction of sp³-hybridized carbons (Fsp3) is 0.333. The van der Waals surface area contributed by atoms with Gasteiger partial charge < -0.3 is 0 Å². The largest absolute Gasteiger partial charge is 0.293 e. The molecule has 2 aromatic heterocycles. The van der Waals surface area contributed by atoms with Crippen LogP contribution in [0.3, 0.4) is 0 Å². The first-order chi connectivity index (χ1) is 12.8. The van der Waals surface area contributed by atoms with Crippen LogP contribution in [0.2, 0.25) is 0 Å². The van der Waals surface area contributed by atoms with Crippen molar-refractivity contribution in [2.24, 2.45) is 0 Å². The van der Waals surface area contributed by atoms with Crippen LogP contribution in [0.5, 0.6) is 0 Å². The van der Waals surface area contributed by atoms with Crippen molar-refractivity contribution < 1.29 is 4.79 Å². The SMILES string of the molecule is Cc1cc(C)n(-c2ccc(SCC(=O)c3c(C)c(C)cc(C)c3C)nn2)n1. The van der Waals surface area contributed by atoms with Crippen molar-refractivity contribution in [2.75, 3.05) is 5.75 Å². The number of carbonyl (C=O) groups excluding carboxylic acids is 1. The molecule has 0 aliphatic rings. The molecule has 5 nitrogen and oxygen atoms in total. The maximum absolute atomic E-state index is 12.8. The highest BCUT2D eigenvalue weighted by Gasteiger charge is 2.16. The number of aromatic nitrogens is 4. The number of benzene rings is 1. The van der Waals surface area contributed by atoms with Crippen LogP contribution in [0, 0.1) is 41.5 Å². The zero-order valence-electron chi connectivity index (χ0n) is 16.6. The van der Waals surface area contributed by atoms with E-state index in [1.165, 1.54) is 11.8 Å². The predicted octanol–water partition coefficient (Wildman–Crippen LogP) is 4.49. The summed E-state index contributed by atoms with van der Waals surface area (Å²) in [5.41, 5.74) is 7.23. The molecule has 2 heterocycles. The van der Waals surface area contributed by atoms with E-state index in [0.29, 0.717) is 11.6 Å². The number of ketones is 1. The van der Waals surface area contributed by atoms with Gasteiger partial charge in [0.15, 0.2) is 11.6 Å². The van der Waals surface area contributed by atoms with E-state index in [2.05, 4.69) is 35.2 Å². The summed E-state index contributed by atoms with van der Waals surface area (Å²) < 4.78 is 1.77. The number of thioether (sulfide) groups is 1. The Hall–Kier alpha value is -2.47. The van der Waals surface area contributed by atoms with Crippen molar-refractivity contribution in [3.63, 3.8) is 0 Å². The van der Waals surface area contributed by atoms with Crippen LogP contribution in [0.15, 0.2) is 29.3 Å². The van der Waals surface area contributed by atoms with Crippen LogP contribution in [0.1, 0.15) is 44.0 Å². The number of hydrogen-bond acceptors (Lipinski definition) is 5. The Labute approximate surface area is 164 Å². The third-order valence-corrected chi connectivity index (χ3v) is 5.77. The van der Waals surface area contributed by atoms with E-state index < -0.39 is 0 Å². The first-order valence-corrected chi connectivity index (χ1v) is 9.87. The molecule has 0 amide bonds. The van der Waals surface area contributed by atoms with Gasteiger partial charge in [0.05, 0.1) is 11.4 Å². The number of hydrogen-bond donors (Lipinski definition) is 0. The summed E-state index contributed by atoms with van der Waals surface area (Å²) >= 11 is 1.41. The van der Waals surface area contributed by atoms with Crippen molar-refractivity contribution in [3.8, 4) is 5.82 Å². The normalized spacial score (nSPS) is 11.0. The Kier molecular flexibility index (Phi) is 5.46. The van der Waals surface area contributed by atoms with E-state index >= 15 is 0 Å². The molecule has 0 aliphatic carbocycles. The molecule has 0 unspecified atom stereocenters. The second-order valence-corrected chi connectivity index (χ2v) is 7.91. The average Bonchev–Trinajstić information content (AvgIpc) is 2.97. The lowest BCUT2D eigenvalue weighted by molar-refractivity contribution is 0.102. The highest BCUT2D eigenvalue weighted by atomic mass is 32.2. The van der Waals surface area contributed by atoms with Gasteiger partial charge in [-0.15, -0.1) is 10.2 Å². The zero-order chi connectivity index (χ0) is 19.7. The van der Waals surface area contributed by atoms with Crippen molar-refractivity contribution >= 4 is 17.5 Å². The molecule has 0 saturated heterocycles. The van der Waals surface area contributed by atoms with Crippen LogP contribution in [0.25, 0.3) is 5.82 Å². The molecule has 27 heavy (non-hydrogen) atoms. The number of nitrogens with zero attached hydrogens (tertiary/aromatic N) is 4. The number of carbonyl (C=O) groups is 1. The first kappa shape index (κ1) is 19.3. The van der Waals surface area contributed by atoms with Crippen molar-refractivity contribution in [3.05, 3.63) is 63.5 Å². The van der Waals surface area contributed by atoms with Gasteiger partial charge in [-0.25, -0.2) is 4.68 Å². The van der Waals surface area contributed by atoms with Crippen molar-refractivity contribution in [1.29, 1.82) is 0 Å². The summed E-state index contributed by atoms with van der Waals surface area (Å²) in [6.07, 6.45) is 0. The smallest absolute Gasteiger partial charge is 0.175 e. The Morgan fingerprint density at radius 1 is 0.963 bits per heavy atom. The third-order valence-electron chi connectivity index (χ3n) is 4.85. The van der Waals surface area contributed by atoms with E-state index in [9.17, 15) is 4.79 Å². The number of Topliss-reactive ketones (excluding diaryl/α,β-unsaturated/α-hetero) is 1. The molecule has 0 saturated carbocycles. The van der Waals surface area contributed by atoms with Crippen molar-refractivity contribution in [2.45, 2.75) is 46.6 Å². The molecular weight excluding hydrogens is 356 g/mol. The number of aryl methyl sites for hydroxylation is 4. The number of rotatable bonds is 5. The molecule has 140 valence electrons. The lowest BCUT2D eigenvalue weighted by Crippen LogP contribution is -2.10. The minimum absolute atomic E-state index is 0.131. The van der Waals surface area contributed by atoms with Gasteiger partial charge in [-0.3, -0.25) is 4.79 Å². The molecule has 0 spiro atoms. The molecule has 0 aliphatic heterocycles. The van der Waals surface area contributed by atoms with E-state index in [-0.39, 0.29) is 5.78 Å². The summed E-state index contributed by atoms with van der Waals surface area (Å²) in [5, 5.41) is 13.6. The topological polar surface area (TPSA) is 60.7 Å². The summed E-state index contributed by atoms with van der Waals surface area (Å²) in [4.78, 5) is 12.8. The van der Waals surface area contributed by atoms with Gasteiger partial charge in [0, 0.05) is 11.3 Å². The third kappa shape index (κ3) is 3.95. The first-order valence-electron chi connectivity index (χ1n) is 8.88. The van der Waals surface area contributed by atoms with Gasteiger partial charge in [-0.05, 0) is 82.0 Å². The summed E-state index contributed by atoms with van der Waals surface area (Å²) in [6, 6.07) is 7.90. The second kappa shape index (κ2) is 7.64. The zero-order valence-corrected chi connectivity index (χ0v) is 17.4. The van der Waals surface area contributed by atoms with Crippen LogP contribution in [0.4, 0.5) is 0 Å². The molecule has 0 atom stereocenters. The van der Waals surface area contributed by atoms with Crippen LogP contribution < -0.4 is 0 Å². The van der Waals surface area contributed by atoms with Gasteiger partial charge in [-0.2, -0.15) is 5.10 Å². The molecule has 6 heteroatoms. The molecule has 1 aromatic carbocycles. The standard InChI is InChI=1S/C21H24N4OS/c1-12-9-13(2)17(6)21(16(12)5)18(26)11-27-20-8-7-19(22-23-20)25-15(4)10-14(3)24-25/h7-10H,11H2,1-6H3. The molecule has 3 rings (SSSR count). The van der Waals surface area contributed by atoms with Gasteiger partial charge in [-0.1, -0.05) is 17.8 Å². The van der Waals surface area contributed by atoms with Crippen LogP contribution >= 0.6 is 11.8 Å². The Bertz CT molecular complexity index is 980. The van der Waals surface area contributed by atoms with Crippen molar-refractivity contribution in [1.82, 2.24) is 20.0 Å². The minimum Gasteiger partial charge on any atom is -0.293 e. The molecule has 0 radical (unpaired) electrons. The highest BCUT2D eigenvalue weighted by Crippen LogP contribution is 2.25. The molecule has 0 bridgehead atoms. The van der Waals surface area contributed by atoms with E-state index in [0.717, 1.165) is 44.2 Å². The van der Waals surface area contributed by atoms with Crippen LogP contribution in [-0.2, 0) is 0 Å². The maximum atomic E-state index is 12.8. The maximum Gasteiger partial charge on any atom is 0.175 e.